The molecule has 8 heteroatoms. The highest BCUT2D eigenvalue weighted by molar-refractivity contribution is 6.50. The van der Waals surface area contributed by atoms with Gasteiger partial charge in [-0.3, -0.25) is 10.1 Å². The first-order chi connectivity index (χ1) is 12.0. The van der Waals surface area contributed by atoms with Gasteiger partial charge in [0.2, 0.25) is 5.82 Å². The number of benzene rings is 2. The van der Waals surface area contributed by atoms with Gasteiger partial charge in [0.15, 0.2) is 0 Å². The molecule has 3 rings (SSSR count). The lowest BCUT2D eigenvalue weighted by atomic mass is 10.1. The van der Waals surface area contributed by atoms with Crippen LogP contribution in [0.5, 0.6) is 0 Å². The van der Waals surface area contributed by atoms with Crippen LogP contribution in [0.1, 0.15) is 17.0 Å². The van der Waals surface area contributed by atoms with Crippen molar-refractivity contribution in [3.8, 4) is 11.4 Å². The van der Waals surface area contributed by atoms with E-state index in [2.05, 4.69) is 10.1 Å². The first-order valence-corrected chi connectivity index (χ1v) is 7.92. The maximum absolute atomic E-state index is 11.0. The van der Waals surface area contributed by atoms with Crippen LogP contribution in [-0.2, 0) is 0 Å². The summed E-state index contributed by atoms with van der Waals surface area (Å²) in [5, 5.41) is 15.5. The van der Waals surface area contributed by atoms with E-state index in [1.807, 2.05) is 0 Å². The number of nitro benzene ring substituents is 1. The molecule has 25 heavy (non-hydrogen) atoms. The highest BCUT2D eigenvalue weighted by atomic mass is 35.5. The van der Waals surface area contributed by atoms with Gasteiger partial charge >= 0.3 is 0 Å². The van der Waals surface area contributed by atoms with Crippen LogP contribution in [0, 0.1) is 17.0 Å². The van der Waals surface area contributed by atoms with Crippen molar-refractivity contribution in [1.29, 1.82) is 0 Å². The van der Waals surface area contributed by atoms with Crippen molar-refractivity contribution < 1.29 is 9.45 Å². The lowest BCUT2D eigenvalue weighted by Crippen LogP contribution is -1.92. The highest BCUT2D eigenvalue weighted by Gasteiger charge is 2.15. The standard InChI is InChI=1S/C17H11Cl2N3O3/c1-10-6-7-11(9-15(10)22(23)24)8-14(19)17-20-16(21-25-17)12-4-2-3-5-13(12)18/h2-9H,1H3/b14-8-. The maximum Gasteiger partial charge on any atom is 0.272 e. The smallest absolute Gasteiger partial charge is 0.272 e. The molecule has 0 atom stereocenters. The van der Waals surface area contributed by atoms with Gasteiger partial charge in [-0.05, 0) is 30.7 Å². The van der Waals surface area contributed by atoms with Gasteiger partial charge in [0.1, 0.15) is 5.03 Å². The molecule has 1 aromatic heterocycles. The lowest BCUT2D eigenvalue weighted by molar-refractivity contribution is -0.385. The third-order valence-corrected chi connectivity index (χ3v) is 4.07. The number of hydrogen-bond donors (Lipinski definition) is 0. The average Bonchev–Trinajstić information content (AvgIpc) is 3.06. The summed E-state index contributed by atoms with van der Waals surface area (Å²) in [6.07, 6.45) is 1.53. The Morgan fingerprint density at radius 2 is 2.04 bits per heavy atom. The van der Waals surface area contributed by atoms with Gasteiger partial charge in [-0.25, -0.2) is 0 Å². The largest absolute Gasteiger partial charge is 0.333 e. The molecule has 126 valence electrons. The third kappa shape index (κ3) is 3.70. The number of halogens is 2. The Morgan fingerprint density at radius 3 is 2.76 bits per heavy atom. The van der Waals surface area contributed by atoms with Crippen molar-refractivity contribution in [3.05, 3.63) is 74.6 Å². The first kappa shape index (κ1) is 17.1. The summed E-state index contributed by atoms with van der Waals surface area (Å²) in [5.41, 5.74) is 1.76. The average molecular weight is 376 g/mol. The maximum atomic E-state index is 11.0. The van der Waals surface area contributed by atoms with Crippen LogP contribution in [0.25, 0.3) is 22.5 Å². The lowest BCUT2D eigenvalue weighted by Gasteiger charge is -1.99. The Hall–Kier alpha value is -2.70. The Morgan fingerprint density at radius 1 is 1.28 bits per heavy atom. The summed E-state index contributed by atoms with van der Waals surface area (Å²) in [4.78, 5) is 14.8. The zero-order chi connectivity index (χ0) is 18.0. The zero-order valence-electron chi connectivity index (χ0n) is 12.9. The SMILES string of the molecule is Cc1ccc(/C=C(\Cl)c2nc(-c3ccccc3Cl)no2)cc1[N+](=O)[O-]. The molecule has 0 amide bonds. The van der Waals surface area contributed by atoms with Crippen LogP contribution in [-0.4, -0.2) is 15.1 Å². The fourth-order valence-electron chi connectivity index (χ4n) is 2.19. The summed E-state index contributed by atoms with van der Waals surface area (Å²) in [7, 11) is 0. The van der Waals surface area contributed by atoms with Gasteiger partial charge in [-0.1, -0.05) is 52.6 Å². The third-order valence-electron chi connectivity index (χ3n) is 3.47. The molecule has 0 spiro atoms. The van der Waals surface area contributed by atoms with Crippen LogP contribution in [0.4, 0.5) is 5.69 Å². The van der Waals surface area contributed by atoms with Gasteiger partial charge in [0.25, 0.3) is 11.6 Å². The summed E-state index contributed by atoms with van der Waals surface area (Å²) in [6, 6.07) is 11.9. The second kappa shape index (κ2) is 7.04. The first-order valence-electron chi connectivity index (χ1n) is 7.17. The fourth-order valence-corrected chi connectivity index (χ4v) is 2.62. The Bertz CT molecular complexity index is 983. The van der Waals surface area contributed by atoms with Crippen molar-refractivity contribution in [2.24, 2.45) is 0 Å². The zero-order valence-corrected chi connectivity index (χ0v) is 14.5. The van der Waals surface area contributed by atoms with Gasteiger partial charge < -0.3 is 4.52 Å². The number of aromatic nitrogens is 2. The molecule has 0 fully saturated rings. The molecule has 2 aromatic carbocycles. The van der Waals surface area contributed by atoms with E-state index in [1.54, 1.807) is 43.3 Å². The highest BCUT2D eigenvalue weighted by Crippen LogP contribution is 2.29. The number of rotatable bonds is 4. The van der Waals surface area contributed by atoms with Gasteiger partial charge in [0, 0.05) is 17.2 Å². The topological polar surface area (TPSA) is 82.1 Å². The molecule has 3 aromatic rings. The van der Waals surface area contributed by atoms with E-state index in [9.17, 15) is 10.1 Å². The fraction of sp³-hybridized carbons (Fsp3) is 0.0588. The molecule has 0 aliphatic heterocycles. The molecule has 0 saturated carbocycles. The predicted octanol–water partition coefficient (Wildman–Crippen LogP) is 5.34. The van der Waals surface area contributed by atoms with Crippen molar-refractivity contribution in [1.82, 2.24) is 10.1 Å². The van der Waals surface area contributed by atoms with E-state index >= 15 is 0 Å². The summed E-state index contributed by atoms with van der Waals surface area (Å²) in [5.74, 6) is 0.404. The minimum Gasteiger partial charge on any atom is -0.333 e. The molecule has 0 bridgehead atoms. The van der Waals surface area contributed by atoms with Crippen LogP contribution in [0.2, 0.25) is 5.02 Å². The molecule has 0 unspecified atom stereocenters. The van der Waals surface area contributed by atoms with E-state index in [-0.39, 0.29) is 16.6 Å². The monoisotopic (exact) mass is 375 g/mol. The van der Waals surface area contributed by atoms with Crippen molar-refractivity contribution >= 4 is 40.0 Å². The van der Waals surface area contributed by atoms with Crippen LogP contribution < -0.4 is 0 Å². The summed E-state index contributed by atoms with van der Waals surface area (Å²) in [6.45, 7) is 1.67. The molecular weight excluding hydrogens is 365 g/mol. The van der Waals surface area contributed by atoms with E-state index in [4.69, 9.17) is 27.7 Å². The second-order valence-corrected chi connectivity index (χ2v) is 6.01. The number of nitrogens with zero attached hydrogens (tertiary/aromatic N) is 3. The predicted molar refractivity (Wildman–Crippen MR) is 96.3 cm³/mol. The molecule has 0 N–H and O–H groups in total. The normalized spacial score (nSPS) is 11.6. The van der Waals surface area contributed by atoms with Crippen molar-refractivity contribution in [2.45, 2.75) is 6.92 Å². The van der Waals surface area contributed by atoms with E-state index in [0.29, 0.717) is 27.5 Å². The van der Waals surface area contributed by atoms with Gasteiger partial charge in [-0.15, -0.1) is 0 Å². The summed E-state index contributed by atoms with van der Waals surface area (Å²) >= 11 is 12.3. The number of hydrogen-bond acceptors (Lipinski definition) is 5. The van der Waals surface area contributed by atoms with Crippen molar-refractivity contribution in [3.63, 3.8) is 0 Å². The summed E-state index contributed by atoms with van der Waals surface area (Å²) < 4.78 is 5.16. The molecule has 1 heterocycles. The van der Waals surface area contributed by atoms with Crippen LogP contribution >= 0.6 is 23.2 Å². The Kier molecular flexibility index (Phi) is 4.83. The Labute approximate surface area is 152 Å². The minimum atomic E-state index is -0.442. The van der Waals surface area contributed by atoms with E-state index < -0.39 is 4.92 Å². The number of nitro groups is 1. The van der Waals surface area contributed by atoms with E-state index in [0.717, 1.165) is 0 Å². The minimum absolute atomic E-state index is 0.0144. The molecule has 0 aliphatic rings. The molecular formula is C17H11Cl2N3O3. The van der Waals surface area contributed by atoms with Crippen LogP contribution in [0.3, 0.4) is 0 Å². The number of aryl methyl sites for hydroxylation is 1. The quantitative estimate of drug-likeness (QED) is 0.453. The van der Waals surface area contributed by atoms with Crippen LogP contribution in [0.15, 0.2) is 47.0 Å². The molecule has 6 nitrogen and oxygen atoms in total. The molecule has 0 saturated heterocycles. The van der Waals surface area contributed by atoms with Gasteiger partial charge in [0.05, 0.1) is 9.95 Å². The van der Waals surface area contributed by atoms with Gasteiger partial charge in [-0.2, -0.15) is 4.98 Å². The Balaban J connectivity index is 1.93. The molecule has 0 radical (unpaired) electrons. The molecule has 0 aliphatic carbocycles. The second-order valence-electron chi connectivity index (χ2n) is 5.20. The van der Waals surface area contributed by atoms with E-state index in [1.165, 1.54) is 12.1 Å². The van der Waals surface area contributed by atoms with Crippen molar-refractivity contribution in [2.75, 3.05) is 0 Å².